The maximum absolute atomic E-state index is 11.3. The second kappa shape index (κ2) is 7.13. The van der Waals surface area contributed by atoms with Gasteiger partial charge in [0.15, 0.2) is 0 Å². The molecule has 2 N–H and O–H groups in total. The molecule has 1 aromatic heterocycles. The first-order chi connectivity index (χ1) is 13.7. The molecule has 142 valence electrons. The Morgan fingerprint density at radius 1 is 0.929 bits per heavy atom. The van der Waals surface area contributed by atoms with Crippen LogP contribution in [0.4, 0.5) is 0 Å². The van der Waals surface area contributed by atoms with Crippen molar-refractivity contribution < 1.29 is 9.84 Å². The molecule has 0 aliphatic carbocycles. The first-order valence-corrected chi connectivity index (χ1v) is 9.90. The summed E-state index contributed by atoms with van der Waals surface area (Å²) in [6.07, 6.45) is 0. The van der Waals surface area contributed by atoms with Crippen LogP contribution >= 0.6 is 11.6 Å². The summed E-state index contributed by atoms with van der Waals surface area (Å²) in [5.74, 6) is 0.335. The molecule has 5 heteroatoms. The average molecular weight is 393 g/mol. The number of benzene rings is 3. The summed E-state index contributed by atoms with van der Waals surface area (Å²) in [6, 6.07) is 20.0. The van der Waals surface area contributed by atoms with Crippen molar-refractivity contribution in [3.05, 3.63) is 76.8 Å². The van der Waals surface area contributed by atoms with Gasteiger partial charge in [-0.1, -0.05) is 48.0 Å². The lowest BCUT2D eigenvalue weighted by molar-refractivity contribution is 0.0236. The highest BCUT2D eigenvalue weighted by Gasteiger charge is 2.28. The number of rotatable bonds is 3. The number of hydrogen-bond acceptors (Lipinski definition) is 3. The molecule has 0 bridgehead atoms. The van der Waals surface area contributed by atoms with Gasteiger partial charge in [-0.15, -0.1) is 0 Å². The first-order valence-electron chi connectivity index (χ1n) is 9.52. The third-order valence-corrected chi connectivity index (χ3v) is 5.82. The number of nitrogens with one attached hydrogen (secondary N) is 1. The molecule has 0 saturated carbocycles. The number of fused-ring (bicyclic) bond motifs is 3. The Bertz CT molecular complexity index is 1130. The molecular formula is C23H21ClN2O2. The van der Waals surface area contributed by atoms with E-state index in [-0.39, 0.29) is 6.04 Å². The van der Waals surface area contributed by atoms with Gasteiger partial charge in [0.25, 0.3) is 0 Å². The highest BCUT2D eigenvalue weighted by molar-refractivity contribution is 6.30. The molecule has 0 amide bonds. The SMILES string of the molecule is Oc1c(C(c2ccc(Cl)cc2)N2CCOCC2)ccc2[nH]c3ccccc3c12. The summed E-state index contributed by atoms with van der Waals surface area (Å²) in [5, 5.41) is 14.0. The highest BCUT2D eigenvalue weighted by atomic mass is 35.5. The molecular weight excluding hydrogens is 372 g/mol. The zero-order chi connectivity index (χ0) is 19.1. The van der Waals surface area contributed by atoms with E-state index in [1.165, 1.54) is 0 Å². The molecule has 1 aliphatic heterocycles. The minimum atomic E-state index is -0.0563. The van der Waals surface area contributed by atoms with Gasteiger partial charge in [-0.05, 0) is 29.8 Å². The van der Waals surface area contributed by atoms with Gasteiger partial charge in [-0.25, -0.2) is 0 Å². The number of ether oxygens (including phenoxy) is 1. The Kier molecular flexibility index (Phi) is 4.47. The number of phenols is 1. The Balaban J connectivity index is 1.71. The first kappa shape index (κ1) is 17.6. The smallest absolute Gasteiger partial charge is 0.130 e. The number of para-hydroxylation sites is 1. The number of aromatic nitrogens is 1. The average Bonchev–Trinajstić information content (AvgIpc) is 3.11. The quantitative estimate of drug-likeness (QED) is 0.509. The molecule has 28 heavy (non-hydrogen) atoms. The Morgan fingerprint density at radius 2 is 1.68 bits per heavy atom. The Hall–Kier alpha value is -2.53. The third kappa shape index (κ3) is 2.94. The predicted octanol–water partition coefficient (Wildman–Crippen LogP) is 5.10. The van der Waals surface area contributed by atoms with E-state index < -0.39 is 0 Å². The predicted molar refractivity (Wildman–Crippen MR) is 113 cm³/mol. The zero-order valence-electron chi connectivity index (χ0n) is 15.4. The van der Waals surface area contributed by atoms with Gasteiger partial charge < -0.3 is 14.8 Å². The van der Waals surface area contributed by atoms with Crippen LogP contribution < -0.4 is 0 Å². The van der Waals surface area contributed by atoms with Gasteiger partial charge in [0, 0.05) is 40.0 Å². The van der Waals surface area contributed by atoms with Gasteiger partial charge in [0.2, 0.25) is 0 Å². The maximum Gasteiger partial charge on any atom is 0.130 e. The number of halogens is 1. The van der Waals surface area contributed by atoms with Crippen molar-refractivity contribution in [3.8, 4) is 5.75 Å². The van der Waals surface area contributed by atoms with Crippen molar-refractivity contribution in [1.82, 2.24) is 9.88 Å². The van der Waals surface area contributed by atoms with Crippen molar-refractivity contribution in [2.24, 2.45) is 0 Å². The normalized spacial score (nSPS) is 16.6. The van der Waals surface area contributed by atoms with E-state index >= 15 is 0 Å². The summed E-state index contributed by atoms with van der Waals surface area (Å²) in [6.45, 7) is 3.03. The van der Waals surface area contributed by atoms with E-state index in [9.17, 15) is 5.11 Å². The third-order valence-electron chi connectivity index (χ3n) is 5.57. The number of nitrogens with zero attached hydrogens (tertiary/aromatic N) is 1. The summed E-state index contributed by atoms with van der Waals surface area (Å²) < 4.78 is 5.56. The number of hydrogen-bond donors (Lipinski definition) is 2. The van der Waals surface area contributed by atoms with E-state index in [0.717, 1.165) is 46.0 Å². The fraction of sp³-hybridized carbons (Fsp3) is 0.217. The van der Waals surface area contributed by atoms with Crippen LogP contribution in [-0.4, -0.2) is 41.3 Å². The van der Waals surface area contributed by atoms with Crippen LogP contribution in [0.5, 0.6) is 5.75 Å². The number of H-pyrrole nitrogens is 1. The molecule has 1 atom stereocenters. The lowest BCUT2D eigenvalue weighted by atomic mass is 9.94. The molecule has 2 heterocycles. The van der Waals surface area contributed by atoms with Crippen LogP contribution in [0.15, 0.2) is 60.7 Å². The van der Waals surface area contributed by atoms with Crippen LogP contribution in [0.25, 0.3) is 21.8 Å². The fourth-order valence-corrected chi connectivity index (χ4v) is 4.35. The molecule has 1 aliphatic rings. The summed E-state index contributed by atoms with van der Waals surface area (Å²) in [7, 11) is 0. The summed E-state index contributed by atoms with van der Waals surface area (Å²) >= 11 is 6.12. The molecule has 1 saturated heterocycles. The minimum Gasteiger partial charge on any atom is -0.507 e. The van der Waals surface area contributed by atoms with Crippen molar-refractivity contribution in [1.29, 1.82) is 0 Å². The van der Waals surface area contributed by atoms with Gasteiger partial charge in [-0.2, -0.15) is 0 Å². The molecule has 4 nitrogen and oxygen atoms in total. The molecule has 0 radical (unpaired) electrons. The standard InChI is InChI=1S/C23H21ClN2O2/c24-16-7-5-15(6-8-16)22(26-11-13-28-14-12-26)18-9-10-20-21(23(18)27)17-3-1-2-4-19(17)25-20/h1-10,22,25,27H,11-14H2. The maximum atomic E-state index is 11.3. The van der Waals surface area contributed by atoms with E-state index in [2.05, 4.69) is 16.0 Å². The molecule has 1 unspecified atom stereocenters. The van der Waals surface area contributed by atoms with Gasteiger partial charge in [0.1, 0.15) is 5.75 Å². The lowest BCUT2D eigenvalue weighted by Gasteiger charge is -2.35. The van der Waals surface area contributed by atoms with Crippen molar-refractivity contribution in [3.63, 3.8) is 0 Å². The monoisotopic (exact) mass is 392 g/mol. The number of aromatic amines is 1. The summed E-state index contributed by atoms with van der Waals surface area (Å²) in [5.41, 5.74) is 3.99. The van der Waals surface area contributed by atoms with Gasteiger partial charge in [-0.3, -0.25) is 4.90 Å². The Morgan fingerprint density at radius 3 is 2.46 bits per heavy atom. The number of phenolic OH excluding ortho intramolecular Hbond substituents is 1. The zero-order valence-corrected chi connectivity index (χ0v) is 16.1. The van der Waals surface area contributed by atoms with Crippen LogP contribution in [0.2, 0.25) is 5.02 Å². The molecule has 0 spiro atoms. The second-order valence-corrected chi connectivity index (χ2v) is 7.64. The topological polar surface area (TPSA) is 48.5 Å². The van der Waals surface area contributed by atoms with E-state index in [1.807, 2.05) is 54.6 Å². The van der Waals surface area contributed by atoms with E-state index in [4.69, 9.17) is 16.3 Å². The van der Waals surface area contributed by atoms with Crippen LogP contribution in [0.3, 0.4) is 0 Å². The van der Waals surface area contributed by atoms with E-state index in [0.29, 0.717) is 24.0 Å². The van der Waals surface area contributed by atoms with Crippen molar-refractivity contribution in [2.45, 2.75) is 6.04 Å². The fourth-order valence-electron chi connectivity index (χ4n) is 4.23. The number of morpholine rings is 1. The van der Waals surface area contributed by atoms with Crippen molar-refractivity contribution in [2.75, 3.05) is 26.3 Å². The van der Waals surface area contributed by atoms with Crippen LogP contribution in [0, 0.1) is 0 Å². The van der Waals surface area contributed by atoms with Gasteiger partial charge >= 0.3 is 0 Å². The van der Waals surface area contributed by atoms with Gasteiger partial charge in [0.05, 0.1) is 24.8 Å². The summed E-state index contributed by atoms with van der Waals surface area (Å²) in [4.78, 5) is 5.76. The molecule has 5 rings (SSSR count). The van der Waals surface area contributed by atoms with Crippen LogP contribution in [-0.2, 0) is 4.74 Å². The second-order valence-electron chi connectivity index (χ2n) is 7.20. The van der Waals surface area contributed by atoms with Crippen LogP contribution in [0.1, 0.15) is 17.2 Å². The molecule has 3 aromatic carbocycles. The molecule has 1 fully saturated rings. The molecule has 4 aromatic rings. The lowest BCUT2D eigenvalue weighted by Crippen LogP contribution is -2.39. The number of aromatic hydroxyl groups is 1. The minimum absolute atomic E-state index is 0.0563. The Labute approximate surface area is 168 Å². The largest absolute Gasteiger partial charge is 0.507 e. The highest BCUT2D eigenvalue weighted by Crippen LogP contribution is 2.41. The van der Waals surface area contributed by atoms with Crippen molar-refractivity contribution >= 4 is 33.4 Å². The van der Waals surface area contributed by atoms with E-state index in [1.54, 1.807) is 0 Å².